The summed E-state index contributed by atoms with van der Waals surface area (Å²) in [6.45, 7) is 7.07. The standard InChI is InChI=1S/C26H37N3O5/c1-4-5-12-27-23(32)21-26-15-17(2)25(3,34-26)19(20(26)24(33)29(21)13-9-14-30)22(31)28-16-18-10-7-6-8-11-18/h6-8,10-11,17,19-21,30H,4-5,9,12-16H2,1-3H3,(H,27,32)(H,28,31)/t17?,19-,20+,21?,25+,26?/m1/s1. The fourth-order valence-electron chi connectivity index (χ4n) is 6.30. The number of likely N-dealkylation sites (tertiary alicyclic amines) is 1. The molecule has 3 N–H and O–H groups in total. The number of rotatable bonds is 10. The first-order chi connectivity index (χ1) is 16.3. The fraction of sp³-hybridized carbons (Fsp3) is 0.654. The number of ether oxygens (including phenoxy) is 1. The molecule has 0 saturated carbocycles. The third-order valence-electron chi connectivity index (χ3n) is 8.04. The molecule has 8 nitrogen and oxygen atoms in total. The minimum Gasteiger partial charge on any atom is -0.396 e. The molecule has 4 rings (SSSR count). The first-order valence-corrected chi connectivity index (χ1v) is 12.5. The largest absolute Gasteiger partial charge is 0.396 e. The van der Waals surface area contributed by atoms with Crippen molar-refractivity contribution < 1.29 is 24.2 Å². The Hall–Kier alpha value is -2.45. The Morgan fingerprint density at radius 2 is 1.91 bits per heavy atom. The lowest BCUT2D eigenvalue weighted by Gasteiger charge is -2.36. The topological polar surface area (TPSA) is 108 Å². The normalized spacial score (nSPS) is 33.8. The summed E-state index contributed by atoms with van der Waals surface area (Å²) in [6.07, 6.45) is 2.70. The maximum atomic E-state index is 13.8. The Morgan fingerprint density at radius 1 is 1.18 bits per heavy atom. The summed E-state index contributed by atoms with van der Waals surface area (Å²) >= 11 is 0. The molecule has 1 aromatic rings. The van der Waals surface area contributed by atoms with Crippen molar-refractivity contribution >= 4 is 17.7 Å². The highest BCUT2D eigenvalue weighted by Gasteiger charge is 2.79. The number of hydrogen-bond donors (Lipinski definition) is 3. The lowest BCUT2D eigenvalue weighted by molar-refractivity contribution is -0.147. The molecule has 3 aliphatic heterocycles. The van der Waals surface area contributed by atoms with Gasteiger partial charge in [-0.15, -0.1) is 0 Å². The van der Waals surface area contributed by atoms with Gasteiger partial charge in [0, 0.05) is 26.2 Å². The third kappa shape index (κ3) is 3.90. The average Bonchev–Trinajstić information content (AvgIpc) is 3.33. The van der Waals surface area contributed by atoms with Gasteiger partial charge in [0.15, 0.2) is 0 Å². The van der Waals surface area contributed by atoms with Gasteiger partial charge in [0.25, 0.3) is 0 Å². The van der Waals surface area contributed by atoms with Crippen LogP contribution in [0.4, 0.5) is 0 Å². The maximum Gasteiger partial charge on any atom is 0.245 e. The third-order valence-corrected chi connectivity index (χ3v) is 8.04. The van der Waals surface area contributed by atoms with Crippen LogP contribution in [0.25, 0.3) is 0 Å². The van der Waals surface area contributed by atoms with Gasteiger partial charge in [0.2, 0.25) is 17.7 Å². The molecular weight excluding hydrogens is 434 g/mol. The number of aliphatic hydroxyl groups excluding tert-OH is 1. The van der Waals surface area contributed by atoms with E-state index >= 15 is 0 Å². The van der Waals surface area contributed by atoms with Crippen LogP contribution in [0.3, 0.4) is 0 Å². The molecule has 0 aromatic heterocycles. The van der Waals surface area contributed by atoms with Crippen molar-refractivity contribution in [2.24, 2.45) is 17.8 Å². The lowest BCUT2D eigenvalue weighted by atomic mass is 9.62. The Morgan fingerprint density at radius 3 is 2.59 bits per heavy atom. The molecule has 3 fully saturated rings. The zero-order valence-corrected chi connectivity index (χ0v) is 20.4. The number of carbonyl (C=O) groups excluding carboxylic acids is 3. The number of amides is 3. The number of carbonyl (C=O) groups is 3. The number of benzene rings is 1. The van der Waals surface area contributed by atoms with E-state index in [2.05, 4.69) is 17.6 Å². The second-order valence-electron chi connectivity index (χ2n) is 10.2. The van der Waals surface area contributed by atoms with Crippen molar-refractivity contribution in [2.75, 3.05) is 19.7 Å². The van der Waals surface area contributed by atoms with Gasteiger partial charge in [0.1, 0.15) is 11.6 Å². The molecule has 3 amide bonds. The van der Waals surface area contributed by atoms with Crippen LogP contribution in [0.1, 0.15) is 52.0 Å². The van der Waals surface area contributed by atoms with E-state index in [-0.39, 0.29) is 36.8 Å². The molecule has 186 valence electrons. The predicted molar refractivity (Wildman–Crippen MR) is 126 cm³/mol. The van der Waals surface area contributed by atoms with Gasteiger partial charge in [-0.2, -0.15) is 0 Å². The summed E-state index contributed by atoms with van der Waals surface area (Å²) < 4.78 is 6.64. The molecule has 6 atom stereocenters. The van der Waals surface area contributed by atoms with Crippen LogP contribution in [-0.2, 0) is 25.7 Å². The molecular formula is C26H37N3O5. The van der Waals surface area contributed by atoms with E-state index in [1.165, 1.54) is 0 Å². The van der Waals surface area contributed by atoms with E-state index < -0.39 is 29.1 Å². The van der Waals surface area contributed by atoms with Crippen LogP contribution < -0.4 is 10.6 Å². The van der Waals surface area contributed by atoms with Gasteiger partial charge < -0.3 is 25.4 Å². The van der Waals surface area contributed by atoms with Gasteiger partial charge in [-0.1, -0.05) is 50.6 Å². The first-order valence-electron chi connectivity index (χ1n) is 12.5. The molecule has 3 heterocycles. The van der Waals surface area contributed by atoms with Crippen LogP contribution in [0.5, 0.6) is 0 Å². The smallest absolute Gasteiger partial charge is 0.245 e. The van der Waals surface area contributed by atoms with Gasteiger partial charge in [-0.25, -0.2) is 0 Å². The van der Waals surface area contributed by atoms with Gasteiger partial charge in [-0.3, -0.25) is 14.4 Å². The quantitative estimate of drug-likeness (QED) is 0.450. The maximum absolute atomic E-state index is 13.8. The van der Waals surface area contributed by atoms with Gasteiger partial charge in [-0.05, 0) is 37.7 Å². The number of unbranched alkanes of at least 4 members (excludes halogenated alkanes) is 1. The van der Waals surface area contributed by atoms with Crippen molar-refractivity contribution in [3.05, 3.63) is 35.9 Å². The molecule has 1 aromatic carbocycles. The SMILES string of the molecule is CCCCNC(=O)C1N(CCCO)C(=O)[C@@H]2[C@H](C(=O)NCc3ccccc3)[C@@]3(C)OC12CC3C. The van der Waals surface area contributed by atoms with Crippen molar-refractivity contribution in [1.82, 2.24) is 15.5 Å². The van der Waals surface area contributed by atoms with Crippen LogP contribution in [0.15, 0.2) is 30.3 Å². The molecule has 34 heavy (non-hydrogen) atoms. The number of aliphatic hydroxyl groups is 1. The Kier molecular flexibility index (Phi) is 7.01. The number of nitrogens with zero attached hydrogens (tertiary/aromatic N) is 1. The van der Waals surface area contributed by atoms with Crippen molar-refractivity contribution in [1.29, 1.82) is 0 Å². The molecule has 0 aliphatic carbocycles. The van der Waals surface area contributed by atoms with Crippen molar-refractivity contribution in [3.63, 3.8) is 0 Å². The Labute approximate surface area is 201 Å². The molecule has 8 heteroatoms. The minimum atomic E-state index is -1.04. The van der Waals surface area contributed by atoms with Crippen LogP contribution in [-0.4, -0.2) is 64.7 Å². The van der Waals surface area contributed by atoms with Crippen LogP contribution in [0, 0.1) is 17.8 Å². The summed E-state index contributed by atoms with van der Waals surface area (Å²) in [5.41, 5.74) is -0.888. The Balaban J connectivity index is 1.64. The number of nitrogens with one attached hydrogen (secondary N) is 2. The van der Waals surface area contributed by atoms with E-state index in [9.17, 15) is 19.5 Å². The van der Waals surface area contributed by atoms with Crippen LogP contribution >= 0.6 is 0 Å². The van der Waals surface area contributed by atoms with Crippen molar-refractivity contribution in [2.45, 2.75) is 70.2 Å². The summed E-state index contributed by atoms with van der Waals surface area (Å²) in [5.74, 6) is -2.06. The second kappa shape index (κ2) is 9.66. The van der Waals surface area contributed by atoms with E-state index in [1.54, 1.807) is 4.90 Å². The second-order valence-corrected chi connectivity index (χ2v) is 10.2. The number of hydrogen-bond acceptors (Lipinski definition) is 5. The van der Waals surface area contributed by atoms with Gasteiger partial charge in [0.05, 0.1) is 17.4 Å². The molecule has 2 bridgehead atoms. The van der Waals surface area contributed by atoms with Crippen molar-refractivity contribution in [3.8, 4) is 0 Å². The van der Waals surface area contributed by atoms with E-state index in [0.29, 0.717) is 25.9 Å². The van der Waals surface area contributed by atoms with E-state index in [0.717, 1.165) is 18.4 Å². The summed E-state index contributed by atoms with van der Waals surface area (Å²) in [5, 5.41) is 15.4. The van der Waals surface area contributed by atoms with Crippen LogP contribution in [0.2, 0.25) is 0 Å². The summed E-state index contributed by atoms with van der Waals surface area (Å²) in [4.78, 5) is 42.3. The van der Waals surface area contributed by atoms with E-state index in [1.807, 2.05) is 44.2 Å². The monoisotopic (exact) mass is 471 g/mol. The fourth-order valence-corrected chi connectivity index (χ4v) is 6.30. The summed E-state index contributed by atoms with van der Waals surface area (Å²) in [7, 11) is 0. The molecule has 1 spiro atoms. The zero-order valence-electron chi connectivity index (χ0n) is 20.4. The Bertz CT molecular complexity index is 924. The molecule has 0 radical (unpaired) electrons. The highest BCUT2D eigenvalue weighted by atomic mass is 16.5. The number of fused-ring (bicyclic) bond motifs is 1. The minimum absolute atomic E-state index is 0.00718. The van der Waals surface area contributed by atoms with E-state index in [4.69, 9.17) is 4.74 Å². The average molecular weight is 472 g/mol. The van der Waals surface area contributed by atoms with Gasteiger partial charge >= 0.3 is 0 Å². The highest BCUT2D eigenvalue weighted by molar-refractivity contribution is 5.99. The molecule has 3 aliphatic rings. The predicted octanol–water partition coefficient (Wildman–Crippen LogP) is 1.61. The molecule has 3 unspecified atom stereocenters. The summed E-state index contributed by atoms with van der Waals surface area (Å²) in [6, 6.07) is 8.84. The lowest BCUT2D eigenvalue weighted by Crippen LogP contribution is -2.56. The highest BCUT2D eigenvalue weighted by Crippen LogP contribution is 2.65. The zero-order chi connectivity index (χ0) is 24.5. The molecule has 3 saturated heterocycles. The first kappa shape index (κ1) is 24.7.